The molecular formula is C23H20ClN3. The number of para-hydroxylation sites is 2. The average molecular weight is 374 g/mol. The van der Waals surface area contributed by atoms with Crippen LogP contribution in [0.3, 0.4) is 0 Å². The molecule has 0 fully saturated rings. The molecule has 0 bridgehead atoms. The molecule has 4 aromatic rings. The second kappa shape index (κ2) is 6.43. The van der Waals surface area contributed by atoms with E-state index in [4.69, 9.17) is 16.6 Å². The lowest BCUT2D eigenvalue weighted by molar-refractivity contribution is 0.477. The number of rotatable bonds is 2. The van der Waals surface area contributed by atoms with Crippen molar-refractivity contribution in [2.24, 2.45) is 0 Å². The minimum atomic E-state index is 0.192. The normalized spacial score (nSPS) is 18.9. The van der Waals surface area contributed by atoms with Gasteiger partial charge in [-0.2, -0.15) is 0 Å². The molecule has 0 amide bonds. The zero-order valence-corrected chi connectivity index (χ0v) is 15.8. The van der Waals surface area contributed by atoms with Crippen LogP contribution in [0.1, 0.15) is 35.2 Å². The first-order chi connectivity index (χ1) is 13.2. The number of hydrogen-bond donors (Lipinski definition) is 1. The lowest BCUT2D eigenvalue weighted by Gasteiger charge is -2.33. The van der Waals surface area contributed by atoms with Gasteiger partial charge in [-0.1, -0.05) is 65.7 Å². The first kappa shape index (κ1) is 16.4. The topological polar surface area (TPSA) is 29.9 Å². The van der Waals surface area contributed by atoms with Crippen molar-refractivity contribution in [3.63, 3.8) is 0 Å². The molecule has 0 saturated heterocycles. The van der Waals surface area contributed by atoms with Gasteiger partial charge in [0.2, 0.25) is 5.95 Å². The van der Waals surface area contributed by atoms with Gasteiger partial charge in [0.05, 0.1) is 23.1 Å². The standard InChI is InChI=1S/C23H20ClN3/c1-15-5-4-6-17(13-15)22-14-20(16-9-11-18(24)12-10-16)26-23-25-19-7-2-3-8-21(19)27(22)23/h2-13,20,22H,14H2,1H3,(H,25,26). The molecule has 0 saturated carbocycles. The van der Waals surface area contributed by atoms with Crippen molar-refractivity contribution >= 4 is 28.6 Å². The molecule has 5 rings (SSSR count). The number of nitrogens with zero attached hydrogens (tertiary/aromatic N) is 2. The Bertz CT molecular complexity index is 1110. The maximum Gasteiger partial charge on any atom is 0.204 e. The lowest BCUT2D eigenvalue weighted by Crippen LogP contribution is -2.27. The Morgan fingerprint density at radius 3 is 2.59 bits per heavy atom. The van der Waals surface area contributed by atoms with Crippen LogP contribution in [0.2, 0.25) is 5.02 Å². The highest BCUT2D eigenvalue weighted by Gasteiger charge is 2.30. The van der Waals surface area contributed by atoms with Gasteiger partial charge in [-0.3, -0.25) is 0 Å². The Kier molecular flexibility index (Phi) is 3.91. The van der Waals surface area contributed by atoms with Crippen LogP contribution in [0.15, 0.2) is 72.8 Å². The van der Waals surface area contributed by atoms with Crippen molar-refractivity contribution in [1.29, 1.82) is 0 Å². The third-order valence-electron chi connectivity index (χ3n) is 5.37. The van der Waals surface area contributed by atoms with Crippen LogP contribution in [-0.2, 0) is 0 Å². The first-order valence-corrected chi connectivity index (χ1v) is 9.62. The van der Waals surface area contributed by atoms with Gasteiger partial charge in [-0.05, 0) is 48.7 Å². The molecule has 134 valence electrons. The number of imidazole rings is 1. The highest BCUT2D eigenvalue weighted by Crippen LogP contribution is 2.41. The fourth-order valence-electron chi connectivity index (χ4n) is 4.08. The van der Waals surface area contributed by atoms with Crippen LogP contribution in [0, 0.1) is 6.92 Å². The van der Waals surface area contributed by atoms with Gasteiger partial charge in [0, 0.05) is 5.02 Å². The molecule has 4 heteroatoms. The van der Waals surface area contributed by atoms with Crippen LogP contribution in [-0.4, -0.2) is 9.55 Å². The molecule has 0 spiro atoms. The number of halogens is 1. The summed E-state index contributed by atoms with van der Waals surface area (Å²) in [6, 6.07) is 25.7. The van der Waals surface area contributed by atoms with E-state index in [0.29, 0.717) is 0 Å². The van der Waals surface area contributed by atoms with Crippen molar-refractivity contribution in [3.8, 4) is 0 Å². The monoisotopic (exact) mass is 373 g/mol. The van der Waals surface area contributed by atoms with Gasteiger partial charge in [-0.15, -0.1) is 0 Å². The molecule has 3 aromatic carbocycles. The van der Waals surface area contributed by atoms with Crippen molar-refractivity contribution < 1.29 is 0 Å². The molecule has 2 heterocycles. The van der Waals surface area contributed by atoms with E-state index < -0.39 is 0 Å². The minimum absolute atomic E-state index is 0.192. The van der Waals surface area contributed by atoms with Gasteiger partial charge < -0.3 is 9.88 Å². The summed E-state index contributed by atoms with van der Waals surface area (Å²) < 4.78 is 2.34. The Morgan fingerprint density at radius 1 is 0.963 bits per heavy atom. The van der Waals surface area contributed by atoms with E-state index in [2.05, 4.69) is 71.4 Å². The maximum atomic E-state index is 6.09. The van der Waals surface area contributed by atoms with Crippen molar-refractivity contribution in [3.05, 3.63) is 94.5 Å². The van der Waals surface area contributed by atoms with E-state index in [9.17, 15) is 0 Å². The van der Waals surface area contributed by atoms with Crippen molar-refractivity contribution in [1.82, 2.24) is 9.55 Å². The van der Waals surface area contributed by atoms with Crippen LogP contribution in [0.25, 0.3) is 11.0 Å². The zero-order chi connectivity index (χ0) is 18.4. The maximum absolute atomic E-state index is 6.09. The number of anilines is 1. The van der Waals surface area contributed by atoms with E-state index in [1.54, 1.807) is 0 Å². The summed E-state index contributed by atoms with van der Waals surface area (Å²) in [6.07, 6.45) is 0.957. The predicted octanol–water partition coefficient (Wildman–Crippen LogP) is 6.14. The molecule has 3 nitrogen and oxygen atoms in total. The summed E-state index contributed by atoms with van der Waals surface area (Å²) >= 11 is 6.09. The lowest BCUT2D eigenvalue weighted by atomic mass is 9.92. The average Bonchev–Trinajstić information content (AvgIpc) is 3.06. The largest absolute Gasteiger partial charge is 0.349 e. The fraction of sp³-hybridized carbons (Fsp3) is 0.174. The molecule has 0 aliphatic carbocycles. The van der Waals surface area contributed by atoms with E-state index in [0.717, 1.165) is 22.9 Å². The van der Waals surface area contributed by atoms with E-state index in [-0.39, 0.29) is 12.1 Å². The zero-order valence-electron chi connectivity index (χ0n) is 15.1. The van der Waals surface area contributed by atoms with Crippen LogP contribution >= 0.6 is 11.6 Å². The third-order valence-corrected chi connectivity index (χ3v) is 5.62. The van der Waals surface area contributed by atoms with E-state index in [1.165, 1.54) is 22.2 Å². The molecule has 1 N–H and O–H groups in total. The summed E-state index contributed by atoms with van der Waals surface area (Å²) in [5.74, 6) is 0.925. The number of benzene rings is 3. The van der Waals surface area contributed by atoms with Gasteiger partial charge >= 0.3 is 0 Å². The molecule has 1 aliphatic rings. The van der Waals surface area contributed by atoms with Crippen LogP contribution < -0.4 is 5.32 Å². The molecule has 27 heavy (non-hydrogen) atoms. The van der Waals surface area contributed by atoms with Crippen LogP contribution in [0.4, 0.5) is 5.95 Å². The fourth-order valence-corrected chi connectivity index (χ4v) is 4.21. The smallest absolute Gasteiger partial charge is 0.204 e. The second-order valence-corrected chi connectivity index (χ2v) is 7.64. The van der Waals surface area contributed by atoms with Gasteiger partial charge in [0.15, 0.2) is 0 Å². The Labute approximate surface area is 163 Å². The molecule has 2 unspecified atom stereocenters. The SMILES string of the molecule is Cc1cccc(C2CC(c3ccc(Cl)cc3)Nc3nc4ccccc4n32)c1. The van der Waals surface area contributed by atoms with Gasteiger partial charge in [0.1, 0.15) is 0 Å². The quantitative estimate of drug-likeness (QED) is 0.457. The Hall–Kier alpha value is -2.78. The van der Waals surface area contributed by atoms with Gasteiger partial charge in [-0.25, -0.2) is 4.98 Å². The molecule has 0 radical (unpaired) electrons. The summed E-state index contributed by atoms with van der Waals surface area (Å²) in [4.78, 5) is 4.87. The van der Waals surface area contributed by atoms with E-state index >= 15 is 0 Å². The second-order valence-electron chi connectivity index (χ2n) is 7.21. The number of aryl methyl sites for hydroxylation is 1. The molecular weight excluding hydrogens is 354 g/mol. The molecule has 1 aromatic heterocycles. The number of fused-ring (bicyclic) bond motifs is 3. The Morgan fingerprint density at radius 2 is 1.78 bits per heavy atom. The Balaban J connectivity index is 1.67. The van der Waals surface area contributed by atoms with Gasteiger partial charge in [0.25, 0.3) is 0 Å². The molecule has 1 aliphatic heterocycles. The third kappa shape index (κ3) is 2.88. The van der Waals surface area contributed by atoms with Crippen molar-refractivity contribution in [2.75, 3.05) is 5.32 Å². The highest BCUT2D eigenvalue weighted by molar-refractivity contribution is 6.30. The number of aromatic nitrogens is 2. The van der Waals surface area contributed by atoms with Crippen molar-refractivity contribution in [2.45, 2.75) is 25.4 Å². The predicted molar refractivity (Wildman–Crippen MR) is 111 cm³/mol. The minimum Gasteiger partial charge on any atom is -0.349 e. The summed E-state index contributed by atoms with van der Waals surface area (Å²) in [5.41, 5.74) is 6.02. The summed E-state index contributed by atoms with van der Waals surface area (Å²) in [6.45, 7) is 2.15. The number of hydrogen-bond acceptors (Lipinski definition) is 2. The molecule has 2 atom stereocenters. The summed E-state index contributed by atoms with van der Waals surface area (Å²) in [5, 5.41) is 4.41. The number of nitrogens with one attached hydrogen (secondary N) is 1. The van der Waals surface area contributed by atoms with E-state index in [1.807, 2.05) is 18.2 Å². The summed E-state index contributed by atoms with van der Waals surface area (Å²) in [7, 11) is 0. The van der Waals surface area contributed by atoms with Crippen LogP contribution in [0.5, 0.6) is 0 Å². The first-order valence-electron chi connectivity index (χ1n) is 9.24. The highest BCUT2D eigenvalue weighted by atomic mass is 35.5.